The molecule has 2 N–H and O–H groups in total. The van der Waals surface area contributed by atoms with Crippen molar-refractivity contribution in [1.82, 2.24) is 10.6 Å². The zero-order valence-electron chi connectivity index (χ0n) is 13.8. The summed E-state index contributed by atoms with van der Waals surface area (Å²) >= 11 is 0. The molecule has 2 aliphatic heterocycles. The molecule has 26 heavy (non-hydrogen) atoms. The van der Waals surface area contributed by atoms with Gasteiger partial charge in [-0.1, -0.05) is 19.3 Å². The summed E-state index contributed by atoms with van der Waals surface area (Å²) in [7, 11) is -5.74. The molecule has 3 rings (SSSR count). The summed E-state index contributed by atoms with van der Waals surface area (Å²) < 4.78 is 74.5. The Bertz CT molecular complexity index is 623. The molecule has 3 aliphatic rings. The van der Waals surface area contributed by atoms with Gasteiger partial charge in [-0.2, -0.15) is 21.6 Å². The lowest BCUT2D eigenvalue weighted by Crippen LogP contribution is -2.51. The van der Waals surface area contributed by atoms with Crippen molar-refractivity contribution in [2.24, 2.45) is 0 Å². The normalized spacial score (nSPS) is 33.0. The van der Waals surface area contributed by atoms with Crippen LogP contribution in [0, 0.1) is 0 Å². The Morgan fingerprint density at radius 3 is 2.31 bits per heavy atom. The number of fused-ring (bicyclic) bond motifs is 1. The average molecular weight is 402 g/mol. The molecule has 0 spiro atoms. The van der Waals surface area contributed by atoms with Crippen LogP contribution in [0.4, 0.5) is 18.0 Å². The molecular formula is C14H21F3N2O6S. The van der Waals surface area contributed by atoms with Crippen LogP contribution in [0.5, 0.6) is 0 Å². The Morgan fingerprint density at radius 1 is 1.00 bits per heavy atom. The highest BCUT2D eigenvalue weighted by Crippen LogP contribution is 2.33. The minimum Gasteiger partial charge on any atom is -0.370 e. The monoisotopic (exact) mass is 402 g/mol. The fourth-order valence-electron chi connectivity index (χ4n) is 3.53. The van der Waals surface area contributed by atoms with Crippen molar-refractivity contribution in [2.75, 3.05) is 13.2 Å². The zero-order chi connectivity index (χ0) is 18.9. The topological polar surface area (TPSA) is 103 Å². The number of ether oxygens (including phenoxy) is 2. The number of halogens is 3. The summed E-state index contributed by atoms with van der Waals surface area (Å²) in [6, 6.07) is -0.896. The molecule has 2 amide bonds. The average Bonchev–Trinajstić information content (AvgIpc) is 3.11. The second kappa shape index (κ2) is 7.49. The first-order valence-corrected chi connectivity index (χ1v) is 9.88. The van der Waals surface area contributed by atoms with Gasteiger partial charge in [0.05, 0.1) is 19.3 Å². The van der Waals surface area contributed by atoms with Gasteiger partial charge in [-0.05, 0) is 12.8 Å². The SMILES string of the molecule is O=C(NC1CCCCC1)N[C@H]1CO[C@H]2[C@@H]1OC[C@H]2OS(=O)(=O)C(F)(F)F. The van der Waals surface area contributed by atoms with Crippen molar-refractivity contribution in [3.63, 3.8) is 0 Å². The largest absolute Gasteiger partial charge is 0.523 e. The molecule has 0 radical (unpaired) electrons. The molecule has 150 valence electrons. The predicted molar refractivity (Wildman–Crippen MR) is 81.7 cm³/mol. The van der Waals surface area contributed by atoms with Crippen molar-refractivity contribution in [1.29, 1.82) is 0 Å². The third kappa shape index (κ3) is 4.24. The first-order chi connectivity index (χ1) is 12.2. The zero-order valence-corrected chi connectivity index (χ0v) is 14.6. The highest BCUT2D eigenvalue weighted by Gasteiger charge is 2.55. The van der Waals surface area contributed by atoms with Crippen molar-refractivity contribution in [2.45, 2.75) is 68.0 Å². The highest BCUT2D eigenvalue weighted by molar-refractivity contribution is 7.87. The third-order valence-corrected chi connectivity index (χ3v) is 5.87. The fraction of sp³-hybridized carbons (Fsp3) is 0.929. The van der Waals surface area contributed by atoms with E-state index in [4.69, 9.17) is 9.47 Å². The van der Waals surface area contributed by atoms with E-state index in [0.29, 0.717) is 0 Å². The van der Waals surface area contributed by atoms with E-state index >= 15 is 0 Å². The van der Waals surface area contributed by atoms with E-state index in [1.165, 1.54) is 0 Å². The maximum Gasteiger partial charge on any atom is 0.523 e. The lowest BCUT2D eigenvalue weighted by Gasteiger charge is -2.24. The van der Waals surface area contributed by atoms with Crippen LogP contribution in [0.1, 0.15) is 32.1 Å². The molecule has 0 unspecified atom stereocenters. The number of alkyl halides is 3. The lowest BCUT2D eigenvalue weighted by molar-refractivity contribution is -0.0624. The van der Waals surface area contributed by atoms with E-state index in [9.17, 15) is 26.4 Å². The fourth-order valence-corrected chi connectivity index (χ4v) is 4.13. The van der Waals surface area contributed by atoms with Crippen molar-refractivity contribution >= 4 is 16.1 Å². The molecule has 2 saturated heterocycles. The van der Waals surface area contributed by atoms with Gasteiger partial charge in [0.1, 0.15) is 18.3 Å². The van der Waals surface area contributed by atoms with Crippen LogP contribution in [0.2, 0.25) is 0 Å². The van der Waals surface area contributed by atoms with Gasteiger partial charge >= 0.3 is 21.7 Å². The van der Waals surface area contributed by atoms with Crippen molar-refractivity contribution in [3.8, 4) is 0 Å². The minimum absolute atomic E-state index is 0.000649. The highest BCUT2D eigenvalue weighted by atomic mass is 32.2. The second-order valence-electron chi connectivity index (χ2n) is 6.69. The van der Waals surface area contributed by atoms with E-state index in [2.05, 4.69) is 14.8 Å². The van der Waals surface area contributed by atoms with E-state index in [1.54, 1.807) is 0 Å². The number of hydrogen-bond acceptors (Lipinski definition) is 6. The van der Waals surface area contributed by atoms with Gasteiger partial charge in [0.15, 0.2) is 0 Å². The van der Waals surface area contributed by atoms with Crippen molar-refractivity contribution < 1.29 is 40.0 Å². The van der Waals surface area contributed by atoms with E-state index in [0.717, 1.165) is 32.1 Å². The first-order valence-electron chi connectivity index (χ1n) is 8.47. The summed E-state index contributed by atoms with van der Waals surface area (Å²) in [6.07, 6.45) is 1.91. The molecule has 1 aliphatic carbocycles. The first kappa shape index (κ1) is 19.6. The number of nitrogens with one attached hydrogen (secondary N) is 2. The molecule has 1 saturated carbocycles. The molecule has 12 heteroatoms. The van der Waals surface area contributed by atoms with E-state index in [1.807, 2.05) is 0 Å². The number of hydrogen-bond donors (Lipinski definition) is 2. The summed E-state index contributed by atoms with van der Waals surface area (Å²) in [5.74, 6) is 0. The molecule has 0 bridgehead atoms. The smallest absolute Gasteiger partial charge is 0.370 e. The summed E-state index contributed by atoms with van der Waals surface area (Å²) in [5, 5.41) is 5.54. The molecule has 0 aromatic heterocycles. The molecule has 0 aromatic carbocycles. The summed E-state index contributed by atoms with van der Waals surface area (Å²) in [6.45, 7) is -0.369. The Morgan fingerprint density at radius 2 is 1.65 bits per heavy atom. The minimum atomic E-state index is -5.74. The number of carbonyl (C=O) groups is 1. The number of amides is 2. The van der Waals surface area contributed by atoms with Crippen LogP contribution in [-0.4, -0.2) is 63.6 Å². The Balaban J connectivity index is 1.52. The Hall–Kier alpha value is -1.11. The standard InChI is InChI=1S/C14H21F3N2O6S/c15-14(16,17)26(21,22)25-10-7-24-11-9(6-23-12(10)11)19-13(20)18-8-4-2-1-3-5-8/h8-12H,1-7H2,(H2,18,19,20)/t9-,10+,11+,12+/m0/s1. The maximum atomic E-state index is 12.4. The molecular weight excluding hydrogens is 381 g/mol. The van der Waals surface area contributed by atoms with Gasteiger partial charge in [-0.15, -0.1) is 0 Å². The van der Waals surface area contributed by atoms with Gasteiger partial charge in [0.25, 0.3) is 0 Å². The van der Waals surface area contributed by atoms with Crippen LogP contribution >= 0.6 is 0 Å². The van der Waals surface area contributed by atoms with Crippen LogP contribution in [0.25, 0.3) is 0 Å². The van der Waals surface area contributed by atoms with Gasteiger partial charge in [0, 0.05) is 6.04 Å². The van der Waals surface area contributed by atoms with Crippen LogP contribution < -0.4 is 10.6 Å². The third-order valence-electron chi connectivity index (χ3n) is 4.80. The van der Waals surface area contributed by atoms with Gasteiger partial charge < -0.3 is 20.1 Å². The molecule has 4 atom stereocenters. The maximum absolute atomic E-state index is 12.4. The number of carbonyl (C=O) groups excluding carboxylic acids is 1. The van der Waals surface area contributed by atoms with Crippen LogP contribution in [0.3, 0.4) is 0 Å². The number of rotatable bonds is 4. The Labute approximate surface area is 148 Å². The summed E-state index contributed by atoms with van der Waals surface area (Å²) in [5.41, 5.74) is -5.51. The lowest BCUT2D eigenvalue weighted by atomic mass is 9.96. The molecule has 2 heterocycles. The molecule has 0 aromatic rings. The van der Waals surface area contributed by atoms with Crippen LogP contribution in [0.15, 0.2) is 0 Å². The Kier molecular flexibility index (Phi) is 5.66. The second-order valence-corrected chi connectivity index (χ2v) is 8.25. The quantitative estimate of drug-likeness (QED) is 0.538. The van der Waals surface area contributed by atoms with Crippen LogP contribution in [-0.2, 0) is 23.8 Å². The summed E-state index contributed by atoms with van der Waals surface area (Å²) in [4.78, 5) is 12.1. The van der Waals surface area contributed by atoms with Gasteiger partial charge in [-0.25, -0.2) is 4.79 Å². The van der Waals surface area contributed by atoms with E-state index < -0.39 is 46.0 Å². The predicted octanol–water partition coefficient (Wildman–Crippen LogP) is 1.02. The van der Waals surface area contributed by atoms with E-state index in [-0.39, 0.29) is 19.3 Å². The molecule has 3 fully saturated rings. The number of urea groups is 1. The molecule has 8 nitrogen and oxygen atoms in total. The van der Waals surface area contributed by atoms with Gasteiger partial charge in [0.2, 0.25) is 0 Å². The van der Waals surface area contributed by atoms with Crippen molar-refractivity contribution in [3.05, 3.63) is 0 Å². The van der Waals surface area contributed by atoms with Gasteiger partial charge in [-0.3, -0.25) is 4.18 Å².